The molecule has 0 aliphatic carbocycles. The Hall–Kier alpha value is -1.42. The molecule has 0 heterocycles. The van der Waals surface area contributed by atoms with Crippen LogP contribution in [0.1, 0.15) is 11.1 Å². The van der Waals surface area contributed by atoms with Crippen LogP contribution in [0.25, 0.3) is 0 Å². The molecule has 82 valence electrons. The first-order valence-electron chi connectivity index (χ1n) is 4.55. The Morgan fingerprint density at radius 3 is 2.40 bits per heavy atom. The minimum Gasteiger partial charge on any atom is -0.467 e. The summed E-state index contributed by atoms with van der Waals surface area (Å²) in [6.45, 7) is 0.915. The number of rotatable bonds is 3. The van der Waals surface area contributed by atoms with Gasteiger partial charge in [0.25, 0.3) is 0 Å². The first kappa shape index (κ1) is 11.7. The summed E-state index contributed by atoms with van der Waals surface area (Å²) < 4.78 is 17.3. The Morgan fingerprint density at radius 2 is 2.00 bits per heavy atom. The average molecular weight is 211 g/mol. The van der Waals surface area contributed by atoms with Gasteiger partial charge in [0.1, 0.15) is 6.67 Å². The van der Waals surface area contributed by atoms with Gasteiger partial charge in [-0.05, 0) is 12.5 Å². The highest BCUT2D eigenvalue weighted by Gasteiger charge is 2.37. The molecule has 0 radical (unpaired) electrons. The van der Waals surface area contributed by atoms with E-state index >= 15 is 0 Å². The van der Waals surface area contributed by atoms with E-state index in [1.807, 2.05) is 6.92 Å². The summed E-state index contributed by atoms with van der Waals surface area (Å²) in [6.07, 6.45) is 0. The van der Waals surface area contributed by atoms with Crippen molar-refractivity contribution in [1.29, 1.82) is 0 Å². The summed E-state index contributed by atoms with van der Waals surface area (Å²) in [5, 5.41) is 0. The molecule has 15 heavy (non-hydrogen) atoms. The van der Waals surface area contributed by atoms with E-state index in [-0.39, 0.29) is 0 Å². The summed E-state index contributed by atoms with van der Waals surface area (Å²) in [5.74, 6) is -0.770. The van der Waals surface area contributed by atoms with Crippen LogP contribution in [0.15, 0.2) is 24.3 Å². The third-order valence-electron chi connectivity index (χ3n) is 2.33. The molecule has 1 rings (SSSR count). The fourth-order valence-electron chi connectivity index (χ4n) is 1.28. The van der Waals surface area contributed by atoms with Crippen LogP contribution in [0.3, 0.4) is 0 Å². The van der Waals surface area contributed by atoms with Crippen molar-refractivity contribution in [1.82, 2.24) is 0 Å². The van der Waals surface area contributed by atoms with E-state index in [9.17, 15) is 9.18 Å². The molecular weight excluding hydrogens is 197 g/mol. The number of ether oxygens (including phenoxy) is 1. The maximum absolute atomic E-state index is 12.8. The van der Waals surface area contributed by atoms with Gasteiger partial charge in [-0.15, -0.1) is 0 Å². The number of alkyl halides is 1. The minimum atomic E-state index is -1.69. The average Bonchev–Trinajstić information content (AvgIpc) is 2.27. The lowest BCUT2D eigenvalue weighted by Crippen LogP contribution is -2.47. The fourth-order valence-corrected chi connectivity index (χ4v) is 1.28. The zero-order chi connectivity index (χ0) is 11.5. The number of hydrogen-bond donors (Lipinski definition) is 1. The molecule has 0 aliphatic rings. The molecule has 1 unspecified atom stereocenters. The van der Waals surface area contributed by atoms with Gasteiger partial charge in [0, 0.05) is 0 Å². The van der Waals surface area contributed by atoms with E-state index in [2.05, 4.69) is 4.74 Å². The van der Waals surface area contributed by atoms with Crippen molar-refractivity contribution in [2.75, 3.05) is 13.8 Å². The number of hydrogen-bond acceptors (Lipinski definition) is 3. The third kappa shape index (κ3) is 2.15. The van der Waals surface area contributed by atoms with Gasteiger partial charge in [-0.1, -0.05) is 29.8 Å². The van der Waals surface area contributed by atoms with Gasteiger partial charge < -0.3 is 10.5 Å². The number of nitrogens with two attached hydrogens (primary N) is 1. The topological polar surface area (TPSA) is 52.3 Å². The van der Waals surface area contributed by atoms with Crippen molar-refractivity contribution in [2.45, 2.75) is 12.5 Å². The van der Waals surface area contributed by atoms with Gasteiger partial charge in [0.15, 0.2) is 5.54 Å². The zero-order valence-electron chi connectivity index (χ0n) is 8.79. The van der Waals surface area contributed by atoms with Crippen LogP contribution in [-0.4, -0.2) is 19.8 Å². The lowest BCUT2D eigenvalue weighted by atomic mass is 9.92. The highest BCUT2D eigenvalue weighted by atomic mass is 19.1. The Kier molecular flexibility index (Phi) is 3.42. The van der Waals surface area contributed by atoms with E-state index in [1.54, 1.807) is 24.3 Å². The van der Waals surface area contributed by atoms with Crippen LogP contribution in [0, 0.1) is 6.92 Å². The molecule has 1 atom stereocenters. The van der Waals surface area contributed by atoms with Crippen molar-refractivity contribution in [3.8, 4) is 0 Å². The smallest absolute Gasteiger partial charge is 0.333 e. The molecule has 1 aromatic carbocycles. The molecule has 0 saturated carbocycles. The Labute approximate surface area is 88.0 Å². The number of benzene rings is 1. The summed E-state index contributed by atoms with van der Waals surface area (Å²) in [7, 11) is 1.19. The minimum absolute atomic E-state index is 0.419. The van der Waals surface area contributed by atoms with Crippen LogP contribution in [0.4, 0.5) is 4.39 Å². The second kappa shape index (κ2) is 4.40. The van der Waals surface area contributed by atoms with Crippen molar-refractivity contribution in [3.05, 3.63) is 35.4 Å². The normalized spacial score (nSPS) is 14.4. The molecule has 2 N–H and O–H groups in total. The van der Waals surface area contributed by atoms with Crippen LogP contribution in [0.2, 0.25) is 0 Å². The SMILES string of the molecule is COC(=O)C(N)(CF)c1ccc(C)cc1. The maximum Gasteiger partial charge on any atom is 0.333 e. The summed E-state index contributed by atoms with van der Waals surface area (Å²) in [4.78, 5) is 11.4. The van der Waals surface area contributed by atoms with Gasteiger partial charge in [0.2, 0.25) is 0 Å². The van der Waals surface area contributed by atoms with Crippen LogP contribution < -0.4 is 5.73 Å². The monoisotopic (exact) mass is 211 g/mol. The molecule has 0 aliphatic heterocycles. The van der Waals surface area contributed by atoms with E-state index in [4.69, 9.17) is 5.73 Å². The molecule has 4 heteroatoms. The molecule has 0 fully saturated rings. The van der Waals surface area contributed by atoms with E-state index in [0.717, 1.165) is 5.56 Å². The van der Waals surface area contributed by atoms with Crippen molar-refractivity contribution in [2.24, 2.45) is 5.73 Å². The molecule has 0 spiro atoms. The highest BCUT2D eigenvalue weighted by molar-refractivity contribution is 5.82. The van der Waals surface area contributed by atoms with Crippen LogP contribution in [0.5, 0.6) is 0 Å². The largest absolute Gasteiger partial charge is 0.467 e. The van der Waals surface area contributed by atoms with Gasteiger partial charge in [-0.25, -0.2) is 9.18 Å². The molecule has 0 bridgehead atoms. The molecule has 0 amide bonds. The quantitative estimate of drug-likeness (QED) is 0.766. The maximum atomic E-state index is 12.8. The first-order valence-corrected chi connectivity index (χ1v) is 4.55. The predicted molar refractivity (Wildman–Crippen MR) is 55.0 cm³/mol. The van der Waals surface area contributed by atoms with Gasteiger partial charge in [0.05, 0.1) is 7.11 Å². The van der Waals surface area contributed by atoms with Gasteiger partial charge in [-0.2, -0.15) is 0 Å². The van der Waals surface area contributed by atoms with Gasteiger partial charge in [-0.3, -0.25) is 0 Å². The van der Waals surface area contributed by atoms with Gasteiger partial charge >= 0.3 is 5.97 Å². The molecule has 0 saturated heterocycles. The molecular formula is C11H14FNO2. The second-order valence-corrected chi connectivity index (χ2v) is 3.46. The van der Waals surface area contributed by atoms with Crippen molar-refractivity contribution >= 4 is 5.97 Å². The first-order chi connectivity index (χ1) is 7.04. The number of carbonyl (C=O) groups is 1. The number of aryl methyl sites for hydroxylation is 1. The Bertz CT molecular complexity index is 350. The van der Waals surface area contributed by atoms with E-state index in [1.165, 1.54) is 7.11 Å². The van der Waals surface area contributed by atoms with Crippen molar-refractivity contribution < 1.29 is 13.9 Å². The summed E-state index contributed by atoms with van der Waals surface area (Å²) >= 11 is 0. The third-order valence-corrected chi connectivity index (χ3v) is 2.33. The second-order valence-electron chi connectivity index (χ2n) is 3.46. The van der Waals surface area contributed by atoms with E-state index < -0.39 is 18.2 Å². The van der Waals surface area contributed by atoms with Crippen LogP contribution >= 0.6 is 0 Å². The van der Waals surface area contributed by atoms with Crippen LogP contribution in [-0.2, 0) is 15.1 Å². The lowest BCUT2D eigenvalue weighted by Gasteiger charge is -2.23. The lowest BCUT2D eigenvalue weighted by molar-refractivity contribution is -0.148. The number of esters is 1. The van der Waals surface area contributed by atoms with E-state index in [0.29, 0.717) is 5.56 Å². The Balaban J connectivity index is 3.11. The fraction of sp³-hybridized carbons (Fsp3) is 0.364. The summed E-state index contributed by atoms with van der Waals surface area (Å²) in [6, 6.07) is 6.81. The number of methoxy groups -OCH3 is 1. The summed E-state index contributed by atoms with van der Waals surface area (Å²) in [5.41, 5.74) is 5.42. The highest BCUT2D eigenvalue weighted by Crippen LogP contribution is 2.21. The Morgan fingerprint density at radius 1 is 1.47 bits per heavy atom. The van der Waals surface area contributed by atoms with Crippen molar-refractivity contribution in [3.63, 3.8) is 0 Å². The molecule has 0 aromatic heterocycles. The zero-order valence-corrected chi connectivity index (χ0v) is 8.79. The predicted octanol–water partition coefficient (Wildman–Crippen LogP) is 1.29. The molecule has 3 nitrogen and oxygen atoms in total. The standard InChI is InChI=1S/C11H14FNO2/c1-8-3-5-9(6-4-8)11(13,7-12)10(14)15-2/h3-6H,7,13H2,1-2H3. The number of carbonyl (C=O) groups excluding carboxylic acids is 1. The number of halogens is 1. The molecule has 1 aromatic rings.